The lowest BCUT2D eigenvalue weighted by atomic mass is 10.0. The third kappa shape index (κ3) is 5.67. The Labute approximate surface area is 130 Å². The first-order chi connectivity index (χ1) is 10.2. The van der Waals surface area contributed by atoms with E-state index in [0.717, 1.165) is 11.1 Å². The fourth-order valence-electron chi connectivity index (χ4n) is 1.59. The van der Waals surface area contributed by atoms with Crippen LogP contribution < -0.4 is 0 Å². The maximum atomic E-state index is 10.6. The highest BCUT2D eigenvalue weighted by Crippen LogP contribution is 2.15. The van der Waals surface area contributed by atoms with Crippen LogP contribution in [0.3, 0.4) is 0 Å². The van der Waals surface area contributed by atoms with Crippen LogP contribution in [0.1, 0.15) is 24.0 Å². The second kappa shape index (κ2) is 7.72. The summed E-state index contributed by atoms with van der Waals surface area (Å²) in [6.45, 7) is 3.67. The number of rotatable bonds is 3. The number of carboxylic acid groups (broad SMARTS) is 1. The lowest BCUT2D eigenvalue weighted by Crippen LogP contribution is -2.06. The highest BCUT2D eigenvalue weighted by molar-refractivity contribution is 7.85. The maximum Gasteiger partial charge on any atom is 0.310 e. The van der Waals surface area contributed by atoms with Crippen LogP contribution in [0, 0.1) is 6.92 Å². The Morgan fingerprint density at radius 1 is 1.00 bits per heavy atom. The van der Waals surface area contributed by atoms with E-state index in [0.29, 0.717) is 0 Å². The van der Waals surface area contributed by atoms with E-state index in [1.165, 1.54) is 12.1 Å². The van der Waals surface area contributed by atoms with Gasteiger partial charge in [-0.05, 0) is 31.5 Å². The fourth-order valence-corrected chi connectivity index (χ4v) is 2.09. The number of carbonyl (C=O) groups is 1. The first-order valence-corrected chi connectivity index (χ1v) is 7.97. The zero-order chi connectivity index (χ0) is 16.8. The molecule has 0 aromatic heterocycles. The van der Waals surface area contributed by atoms with Gasteiger partial charge >= 0.3 is 5.97 Å². The molecule has 2 aromatic rings. The van der Waals surface area contributed by atoms with Crippen molar-refractivity contribution in [3.8, 4) is 0 Å². The normalized spacial score (nSPS) is 12.0. The van der Waals surface area contributed by atoms with Gasteiger partial charge < -0.3 is 5.11 Å². The van der Waals surface area contributed by atoms with Crippen molar-refractivity contribution in [1.82, 2.24) is 0 Å². The first-order valence-electron chi connectivity index (χ1n) is 6.53. The van der Waals surface area contributed by atoms with Crippen LogP contribution >= 0.6 is 0 Å². The van der Waals surface area contributed by atoms with E-state index in [1.54, 1.807) is 25.1 Å². The van der Waals surface area contributed by atoms with Crippen LogP contribution in [0.2, 0.25) is 0 Å². The molecule has 2 aromatic carbocycles. The minimum atomic E-state index is -4.00. The standard InChI is InChI=1S/C10H12O2.C6H6O3S/c1-7-3-5-9(6-4-7)8(2)10(11)12;7-10(8,9)6-4-2-1-3-5-6/h3-6,8H,1-2H3,(H,11,12);1-5H,(H,7,8,9). The SMILES string of the molecule is Cc1ccc(C(C)C(=O)O)cc1.O=S(=O)(O)c1ccccc1. The lowest BCUT2D eigenvalue weighted by molar-refractivity contribution is -0.138. The first kappa shape index (κ1) is 17.9. The van der Waals surface area contributed by atoms with Crippen molar-refractivity contribution < 1.29 is 22.9 Å². The average molecular weight is 322 g/mol. The fraction of sp³-hybridized carbons (Fsp3) is 0.188. The Balaban J connectivity index is 0.000000224. The minimum Gasteiger partial charge on any atom is -0.481 e. The summed E-state index contributed by atoms with van der Waals surface area (Å²) in [5.74, 6) is -1.19. The third-order valence-corrected chi connectivity index (χ3v) is 3.86. The molecule has 0 fully saturated rings. The molecule has 22 heavy (non-hydrogen) atoms. The maximum absolute atomic E-state index is 10.6. The van der Waals surface area contributed by atoms with E-state index in [9.17, 15) is 13.2 Å². The van der Waals surface area contributed by atoms with Crippen LogP contribution in [-0.4, -0.2) is 24.0 Å². The summed E-state index contributed by atoms with van der Waals surface area (Å²) in [4.78, 5) is 10.5. The highest BCUT2D eigenvalue weighted by Gasteiger charge is 2.12. The van der Waals surface area contributed by atoms with E-state index < -0.39 is 22.0 Å². The van der Waals surface area contributed by atoms with Crippen molar-refractivity contribution in [2.24, 2.45) is 0 Å². The van der Waals surface area contributed by atoms with E-state index in [4.69, 9.17) is 9.66 Å². The molecule has 1 atom stereocenters. The van der Waals surface area contributed by atoms with Crippen LogP contribution in [0.25, 0.3) is 0 Å². The number of aliphatic carboxylic acids is 1. The molecule has 0 bridgehead atoms. The van der Waals surface area contributed by atoms with Crippen molar-refractivity contribution >= 4 is 16.1 Å². The van der Waals surface area contributed by atoms with Gasteiger partial charge in [0.2, 0.25) is 0 Å². The molecular formula is C16H18O5S. The number of carboxylic acids is 1. The summed E-state index contributed by atoms with van der Waals surface area (Å²) in [7, 11) is -4.00. The monoisotopic (exact) mass is 322 g/mol. The van der Waals surface area contributed by atoms with Gasteiger partial charge in [-0.2, -0.15) is 8.42 Å². The zero-order valence-electron chi connectivity index (χ0n) is 12.3. The molecule has 0 saturated carbocycles. The molecule has 0 spiro atoms. The highest BCUT2D eigenvalue weighted by atomic mass is 32.2. The molecule has 0 amide bonds. The van der Waals surface area contributed by atoms with Crippen molar-refractivity contribution in [1.29, 1.82) is 0 Å². The largest absolute Gasteiger partial charge is 0.481 e. The predicted molar refractivity (Wildman–Crippen MR) is 83.5 cm³/mol. The van der Waals surface area contributed by atoms with Crippen LogP contribution in [0.4, 0.5) is 0 Å². The Kier molecular flexibility index (Phi) is 6.27. The van der Waals surface area contributed by atoms with E-state index in [1.807, 2.05) is 31.2 Å². The molecule has 118 valence electrons. The number of benzene rings is 2. The van der Waals surface area contributed by atoms with Gasteiger partial charge in [-0.3, -0.25) is 9.35 Å². The predicted octanol–water partition coefficient (Wildman–Crippen LogP) is 3.12. The topological polar surface area (TPSA) is 91.7 Å². The van der Waals surface area contributed by atoms with Crippen molar-refractivity contribution in [2.45, 2.75) is 24.7 Å². The summed E-state index contributed by atoms with van der Waals surface area (Å²) >= 11 is 0. The molecule has 0 aliphatic carbocycles. The molecule has 2 N–H and O–H groups in total. The molecule has 6 heteroatoms. The van der Waals surface area contributed by atoms with Crippen molar-refractivity contribution in [3.63, 3.8) is 0 Å². The number of hydrogen-bond acceptors (Lipinski definition) is 3. The zero-order valence-corrected chi connectivity index (χ0v) is 13.1. The van der Waals surface area contributed by atoms with E-state index >= 15 is 0 Å². The van der Waals surface area contributed by atoms with Crippen molar-refractivity contribution in [3.05, 3.63) is 65.7 Å². The summed E-state index contributed by atoms with van der Waals surface area (Å²) in [5.41, 5.74) is 2.00. The summed E-state index contributed by atoms with van der Waals surface area (Å²) < 4.78 is 29.2. The second-order valence-electron chi connectivity index (χ2n) is 4.76. The van der Waals surface area contributed by atoms with Gasteiger partial charge in [-0.1, -0.05) is 48.0 Å². The number of aryl methyl sites for hydroxylation is 1. The van der Waals surface area contributed by atoms with Gasteiger partial charge in [-0.15, -0.1) is 0 Å². The Bertz CT molecular complexity index is 706. The summed E-state index contributed by atoms with van der Waals surface area (Å²) in [5, 5.41) is 8.70. The average Bonchev–Trinajstić information content (AvgIpc) is 2.48. The quantitative estimate of drug-likeness (QED) is 0.847. The molecule has 0 saturated heterocycles. The van der Waals surface area contributed by atoms with Crippen LogP contribution in [0.5, 0.6) is 0 Å². The Morgan fingerprint density at radius 2 is 1.50 bits per heavy atom. The van der Waals surface area contributed by atoms with Crippen molar-refractivity contribution in [2.75, 3.05) is 0 Å². The molecule has 2 rings (SSSR count). The lowest BCUT2D eigenvalue weighted by Gasteiger charge is -2.05. The molecule has 1 unspecified atom stereocenters. The van der Waals surface area contributed by atoms with Crippen LogP contribution in [-0.2, 0) is 14.9 Å². The smallest absolute Gasteiger partial charge is 0.310 e. The molecular weight excluding hydrogens is 304 g/mol. The van der Waals surface area contributed by atoms with Gasteiger partial charge in [0.1, 0.15) is 0 Å². The molecule has 5 nitrogen and oxygen atoms in total. The van der Waals surface area contributed by atoms with Gasteiger partial charge in [0.05, 0.1) is 10.8 Å². The van der Waals surface area contributed by atoms with Gasteiger partial charge in [0.25, 0.3) is 10.1 Å². The summed E-state index contributed by atoms with van der Waals surface area (Å²) in [6.07, 6.45) is 0. The van der Waals surface area contributed by atoms with Gasteiger partial charge in [-0.25, -0.2) is 0 Å². The Hall–Kier alpha value is -2.18. The summed E-state index contributed by atoms with van der Waals surface area (Å²) in [6, 6.07) is 15.0. The second-order valence-corrected chi connectivity index (χ2v) is 6.18. The molecule has 0 aliphatic rings. The molecule has 0 aliphatic heterocycles. The van der Waals surface area contributed by atoms with Gasteiger partial charge in [0, 0.05) is 0 Å². The van der Waals surface area contributed by atoms with E-state index in [-0.39, 0.29) is 4.90 Å². The van der Waals surface area contributed by atoms with E-state index in [2.05, 4.69) is 0 Å². The third-order valence-electron chi connectivity index (χ3n) is 2.99. The van der Waals surface area contributed by atoms with Gasteiger partial charge in [0.15, 0.2) is 0 Å². The number of hydrogen-bond donors (Lipinski definition) is 2. The minimum absolute atomic E-state index is 0.0741. The Morgan fingerprint density at radius 3 is 1.86 bits per heavy atom. The molecule has 0 heterocycles. The molecule has 0 radical (unpaired) electrons. The van der Waals surface area contributed by atoms with Crippen LogP contribution in [0.15, 0.2) is 59.5 Å².